The van der Waals surface area contributed by atoms with Crippen molar-refractivity contribution in [3.05, 3.63) is 0 Å². The highest BCUT2D eigenvalue weighted by Gasteiger charge is 2.27. The van der Waals surface area contributed by atoms with Gasteiger partial charge in [0.2, 0.25) is 5.91 Å². The quantitative estimate of drug-likeness (QED) is 0.687. The molecule has 0 aliphatic heterocycles. The molecule has 1 aliphatic carbocycles. The largest absolute Gasteiger partial charge is 0.343 e. The van der Waals surface area contributed by atoms with Gasteiger partial charge in [0, 0.05) is 38.6 Å². The SMILES string of the molecule is CCN(CC)C(=O)CC(CN)N(C)CC1CC1. The van der Waals surface area contributed by atoms with Gasteiger partial charge in [-0.1, -0.05) is 0 Å². The third kappa shape index (κ3) is 4.64. The maximum Gasteiger partial charge on any atom is 0.224 e. The highest BCUT2D eigenvalue weighted by Crippen LogP contribution is 2.29. The normalized spacial score (nSPS) is 17.2. The lowest BCUT2D eigenvalue weighted by molar-refractivity contribution is -0.132. The molecule has 1 rings (SSSR count). The first kappa shape index (κ1) is 14.5. The van der Waals surface area contributed by atoms with Gasteiger partial charge in [-0.15, -0.1) is 0 Å². The average Bonchev–Trinajstić information content (AvgIpc) is 3.11. The highest BCUT2D eigenvalue weighted by molar-refractivity contribution is 5.76. The molecule has 0 bridgehead atoms. The third-order valence-electron chi connectivity index (χ3n) is 3.66. The average molecular weight is 241 g/mol. The van der Waals surface area contributed by atoms with Gasteiger partial charge in [0.25, 0.3) is 0 Å². The molecule has 17 heavy (non-hydrogen) atoms. The van der Waals surface area contributed by atoms with Crippen LogP contribution in [0.15, 0.2) is 0 Å². The van der Waals surface area contributed by atoms with E-state index in [2.05, 4.69) is 11.9 Å². The van der Waals surface area contributed by atoms with Crippen LogP contribution in [0.25, 0.3) is 0 Å². The summed E-state index contributed by atoms with van der Waals surface area (Å²) in [4.78, 5) is 16.2. The molecule has 1 atom stereocenters. The number of carbonyl (C=O) groups excluding carboxylic acids is 1. The van der Waals surface area contributed by atoms with Crippen LogP contribution >= 0.6 is 0 Å². The standard InChI is InChI=1S/C13H27N3O/c1-4-16(5-2)13(17)8-12(9-14)15(3)10-11-6-7-11/h11-12H,4-10,14H2,1-3H3. The van der Waals surface area contributed by atoms with Crippen molar-refractivity contribution in [1.29, 1.82) is 0 Å². The zero-order chi connectivity index (χ0) is 12.8. The van der Waals surface area contributed by atoms with Gasteiger partial charge in [-0.05, 0) is 39.7 Å². The molecule has 0 heterocycles. The summed E-state index contributed by atoms with van der Waals surface area (Å²) in [5.74, 6) is 1.07. The van der Waals surface area contributed by atoms with Crippen LogP contribution in [0.4, 0.5) is 0 Å². The van der Waals surface area contributed by atoms with Crippen LogP contribution in [0.5, 0.6) is 0 Å². The summed E-state index contributed by atoms with van der Waals surface area (Å²) in [6.45, 7) is 7.28. The Balaban J connectivity index is 2.40. The first-order valence-corrected chi connectivity index (χ1v) is 6.80. The van der Waals surface area contributed by atoms with Crippen LogP contribution < -0.4 is 5.73 Å². The maximum atomic E-state index is 12.0. The molecule has 2 N–H and O–H groups in total. The van der Waals surface area contributed by atoms with Crippen LogP contribution in [0, 0.1) is 5.92 Å². The Morgan fingerprint density at radius 3 is 2.35 bits per heavy atom. The molecule has 0 aromatic heterocycles. The van der Waals surface area contributed by atoms with Crippen LogP contribution in [-0.2, 0) is 4.79 Å². The van der Waals surface area contributed by atoms with Gasteiger partial charge in [0.05, 0.1) is 0 Å². The second kappa shape index (κ2) is 6.97. The molecule has 100 valence electrons. The Kier molecular flexibility index (Phi) is 5.92. The summed E-state index contributed by atoms with van der Waals surface area (Å²) < 4.78 is 0. The Hall–Kier alpha value is -0.610. The van der Waals surface area contributed by atoms with E-state index in [1.165, 1.54) is 12.8 Å². The minimum atomic E-state index is 0.198. The van der Waals surface area contributed by atoms with E-state index in [9.17, 15) is 4.79 Å². The summed E-state index contributed by atoms with van der Waals surface area (Å²) in [5, 5.41) is 0. The zero-order valence-electron chi connectivity index (χ0n) is 11.5. The number of carbonyl (C=O) groups is 1. The predicted molar refractivity (Wildman–Crippen MR) is 70.7 cm³/mol. The molecule has 0 aromatic rings. The fraction of sp³-hybridized carbons (Fsp3) is 0.923. The van der Waals surface area contributed by atoms with Gasteiger partial charge in [-0.2, -0.15) is 0 Å². The molecule has 0 aromatic carbocycles. The summed E-state index contributed by atoms with van der Waals surface area (Å²) in [5.41, 5.74) is 5.79. The van der Waals surface area contributed by atoms with E-state index in [1.807, 2.05) is 18.7 Å². The van der Waals surface area contributed by atoms with Crippen LogP contribution in [-0.4, -0.2) is 55.0 Å². The minimum Gasteiger partial charge on any atom is -0.343 e. The van der Waals surface area contributed by atoms with E-state index in [0.717, 1.165) is 25.6 Å². The van der Waals surface area contributed by atoms with Gasteiger partial charge in [-0.3, -0.25) is 4.79 Å². The van der Waals surface area contributed by atoms with Crippen LogP contribution in [0.3, 0.4) is 0 Å². The molecule has 1 saturated carbocycles. The first-order valence-electron chi connectivity index (χ1n) is 6.80. The lowest BCUT2D eigenvalue weighted by Gasteiger charge is -2.28. The van der Waals surface area contributed by atoms with Crippen molar-refractivity contribution in [2.75, 3.05) is 33.2 Å². The number of likely N-dealkylation sites (N-methyl/N-ethyl adjacent to an activating group) is 1. The van der Waals surface area contributed by atoms with Gasteiger partial charge in [0.1, 0.15) is 0 Å². The van der Waals surface area contributed by atoms with Gasteiger partial charge in [0.15, 0.2) is 0 Å². The van der Waals surface area contributed by atoms with Crippen molar-refractivity contribution in [3.63, 3.8) is 0 Å². The molecule has 0 spiro atoms. The molecule has 1 fully saturated rings. The number of hydrogen-bond donors (Lipinski definition) is 1. The Morgan fingerprint density at radius 2 is 1.94 bits per heavy atom. The van der Waals surface area contributed by atoms with Crippen LogP contribution in [0.1, 0.15) is 33.1 Å². The van der Waals surface area contributed by atoms with Gasteiger partial charge < -0.3 is 15.5 Å². The van der Waals surface area contributed by atoms with Crippen molar-refractivity contribution in [3.8, 4) is 0 Å². The predicted octanol–water partition coefficient (Wildman–Crippen LogP) is 0.914. The fourth-order valence-electron chi connectivity index (χ4n) is 2.18. The van der Waals surface area contributed by atoms with Crippen molar-refractivity contribution < 1.29 is 4.79 Å². The molecule has 1 aliphatic rings. The monoisotopic (exact) mass is 241 g/mol. The highest BCUT2D eigenvalue weighted by atomic mass is 16.2. The number of amides is 1. The van der Waals surface area contributed by atoms with E-state index in [0.29, 0.717) is 13.0 Å². The van der Waals surface area contributed by atoms with Crippen molar-refractivity contribution >= 4 is 5.91 Å². The number of nitrogens with zero attached hydrogens (tertiary/aromatic N) is 2. The minimum absolute atomic E-state index is 0.198. The first-order chi connectivity index (χ1) is 8.12. The summed E-state index contributed by atoms with van der Waals surface area (Å²) in [6.07, 6.45) is 3.23. The lowest BCUT2D eigenvalue weighted by Crippen LogP contribution is -2.43. The molecule has 1 amide bonds. The summed E-state index contributed by atoms with van der Waals surface area (Å²) in [7, 11) is 2.09. The van der Waals surface area contributed by atoms with Crippen molar-refractivity contribution in [2.24, 2.45) is 11.7 Å². The van der Waals surface area contributed by atoms with E-state index in [1.54, 1.807) is 0 Å². The molecule has 4 heteroatoms. The molecular formula is C13H27N3O. The summed E-state index contributed by atoms with van der Waals surface area (Å²) in [6, 6.07) is 0.198. The smallest absolute Gasteiger partial charge is 0.224 e. The van der Waals surface area contributed by atoms with Gasteiger partial charge >= 0.3 is 0 Å². The molecule has 0 radical (unpaired) electrons. The Labute approximate surface area is 105 Å². The van der Waals surface area contributed by atoms with Crippen molar-refractivity contribution in [2.45, 2.75) is 39.2 Å². The molecule has 4 nitrogen and oxygen atoms in total. The Morgan fingerprint density at radius 1 is 1.35 bits per heavy atom. The molecular weight excluding hydrogens is 214 g/mol. The fourth-order valence-corrected chi connectivity index (χ4v) is 2.18. The van der Waals surface area contributed by atoms with Gasteiger partial charge in [-0.25, -0.2) is 0 Å². The Bertz CT molecular complexity index is 237. The van der Waals surface area contributed by atoms with E-state index >= 15 is 0 Å². The topological polar surface area (TPSA) is 49.6 Å². The van der Waals surface area contributed by atoms with Crippen LogP contribution in [0.2, 0.25) is 0 Å². The second-order valence-corrected chi connectivity index (χ2v) is 5.04. The zero-order valence-corrected chi connectivity index (χ0v) is 11.5. The third-order valence-corrected chi connectivity index (χ3v) is 3.66. The van der Waals surface area contributed by atoms with E-state index in [4.69, 9.17) is 5.73 Å². The molecule has 1 unspecified atom stereocenters. The second-order valence-electron chi connectivity index (χ2n) is 5.04. The molecule has 0 saturated heterocycles. The van der Waals surface area contributed by atoms with Crippen molar-refractivity contribution in [1.82, 2.24) is 9.80 Å². The number of rotatable bonds is 8. The lowest BCUT2D eigenvalue weighted by atomic mass is 10.1. The number of hydrogen-bond acceptors (Lipinski definition) is 3. The maximum absolute atomic E-state index is 12.0. The van der Waals surface area contributed by atoms with E-state index < -0.39 is 0 Å². The number of nitrogens with two attached hydrogens (primary N) is 1. The summed E-state index contributed by atoms with van der Waals surface area (Å²) >= 11 is 0. The van der Waals surface area contributed by atoms with E-state index in [-0.39, 0.29) is 11.9 Å².